The van der Waals surface area contributed by atoms with Crippen LogP contribution in [0, 0.1) is 17.2 Å². The third kappa shape index (κ3) is 6.05. The van der Waals surface area contributed by atoms with Gasteiger partial charge in [0.15, 0.2) is 0 Å². The normalized spacial score (nSPS) is 11.0. The quantitative estimate of drug-likeness (QED) is 0.454. The van der Waals surface area contributed by atoms with E-state index in [4.69, 9.17) is 5.26 Å². The van der Waals surface area contributed by atoms with Crippen LogP contribution in [0.5, 0.6) is 0 Å². The van der Waals surface area contributed by atoms with Crippen molar-refractivity contribution in [1.29, 1.82) is 5.26 Å². The van der Waals surface area contributed by atoms with E-state index in [9.17, 15) is 4.79 Å². The number of nitriles is 1. The minimum atomic E-state index is -0.353. The van der Waals surface area contributed by atoms with Crippen LogP contribution in [0.25, 0.3) is 0 Å². The van der Waals surface area contributed by atoms with Gasteiger partial charge in [0.2, 0.25) is 0 Å². The lowest BCUT2D eigenvalue weighted by Crippen LogP contribution is -2.25. The summed E-state index contributed by atoms with van der Waals surface area (Å²) in [5, 5.41) is 14.7. The van der Waals surface area contributed by atoms with Crippen molar-refractivity contribution in [3.63, 3.8) is 0 Å². The Morgan fingerprint density at radius 2 is 2.05 bits per heavy atom. The van der Waals surface area contributed by atoms with Gasteiger partial charge in [-0.25, -0.2) is 0 Å². The van der Waals surface area contributed by atoms with Gasteiger partial charge in [0.25, 0.3) is 5.91 Å². The van der Waals surface area contributed by atoms with Crippen LogP contribution in [0.3, 0.4) is 0 Å². The molecule has 0 aliphatic carbocycles. The number of benzene rings is 1. The Labute approximate surface area is 120 Å². The highest BCUT2D eigenvalue weighted by Crippen LogP contribution is 1.99. The van der Waals surface area contributed by atoms with E-state index >= 15 is 0 Å². The van der Waals surface area contributed by atoms with Gasteiger partial charge in [-0.3, -0.25) is 4.79 Å². The number of hydrogen-bond acceptors (Lipinski definition) is 3. The van der Waals surface area contributed by atoms with Crippen LogP contribution in [0.2, 0.25) is 0 Å². The molecule has 0 atom stereocenters. The fourth-order valence-electron chi connectivity index (χ4n) is 1.57. The van der Waals surface area contributed by atoms with Crippen molar-refractivity contribution >= 4 is 5.91 Å². The van der Waals surface area contributed by atoms with Crippen LogP contribution >= 0.6 is 0 Å². The predicted octanol–water partition coefficient (Wildman–Crippen LogP) is 2.35. The Balaban J connectivity index is 2.43. The smallest absolute Gasteiger partial charge is 0.263 e. The summed E-state index contributed by atoms with van der Waals surface area (Å²) in [5.74, 6) is 0.238. The van der Waals surface area contributed by atoms with E-state index < -0.39 is 0 Å². The molecule has 106 valence electrons. The molecule has 0 saturated heterocycles. The number of carbonyl (C=O) groups is 1. The first-order valence-corrected chi connectivity index (χ1v) is 6.79. The van der Waals surface area contributed by atoms with E-state index in [2.05, 4.69) is 24.5 Å². The molecular formula is C16H21N3O. The number of carbonyl (C=O) groups excluding carboxylic acids is 1. The maximum absolute atomic E-state index is 11.8. The van der Waals surface area contributed by atoms with Gasteiger partial charge < -0.3 is 10.6 Å². The third-order valence-electron chi connectivity index (χ3n) is 2.77. The molecule has 0 unspecified atom stereocenters. The number of nitrogens with zero attached hydrogens (tertiary/aromatic N) is 1. The van der Waals surface area contributed by atoms with Crippen molar-refractivity contribution in [3.8, 4) is 6.07 Å². The Morgan fingerprint density at radius 1 is 1.35 bits per heavy atom. The van der Waals surface area contributed by atoms with Gasteiger partial charge in [-0.2, -0.15) is 5.26 Å². The van der Waals surface area contributed by atoms with Gasteiger partial charge in [0.1, 0.15) is 11.6 Å². The first-order valence-electron chi connectivity index (χ1n) is 6.79. The first kappa shape index (κ1) is 15.8. The average Bonchev–Trinajstić information content (AvgIpc) is 2.45. The fraction of sp³-hybridized carbons (Fsp3) is 0.375. The molecule has 4 nitrogen and oxygen atoms in total. The van der Waals surface area contributed by atoms with E-state index in [0.29, 0.717) is 12.5 Å². The highest BCUT2D eigenvalue weighted by molar-refractivity contribution is 5.97. The molecule has 1 amide bonds. The molecule has 0 radical (unpaired) electrons. The summed E-state index contributed by atoms with van der Waals surface area (Å²) in [6.45, 7) is 5.44. The van der Waals surface area contributed by atoms with E-state index in [1.165, 1.54) is 6.20 Å². The van der Waals surface area contributed by atoms with Gasteiger partial charge in [0, 0.05) is 19.3 Å². The molecule has 0 aliphatic heterocycles. The molecular weight excluding hydrogens is 250 g/mol. The minimum absolute atomic E-state index is 0.102. The maximum Gasteiger partial charge on any atom is 0.263 e. The second-order valence-electron chi connectivity index (χ2n) is 4.97. The zero-order valence-electron chi connectivity index (χ0n) is 12.0. The summed E-state index contributed by atoms with van der Waals surface area (Å²) in [7, 11) is 0. The molecule has 0 saturated carbocycles. The van der Waals surface area contributed by atoms with Crippen LogP contribution in [0.15, 0.2) is 42.1 Å². The minimum Gasteiger partial charge on any atom is -0.390 e. The number of hydrogen-bond donors (Lipinski definition) is 2. The van der Waals surface area contributed by atoms with Crippen molar-refractivity contribution in [3.05, 3.63) is 47.7 Å². The van der Waals surface area contributed by atoms with Crippen molar-refractivity contribution < 1.29 is 4.79 Å². The molecule has 1 rings (SSSR count). The number of nitrogens with one attached hydrogen (secondary N) is 2. The molecule has 0 bridgehead atoms. The first-order chi connectivity index (χ1) is 9.63. The summed E-state index contributed by atoms with van der Waals surface area (Å²) in [4.78, 5) is 11.8. The molecule has 0 aromatic heterocycles. The van der Waals surface area contributed by atoms with Crippen LogP contribution < -0.4 is 10.6 Å². The topological polar surface area (TPSA) is 64.9 Å². The van der Waals surface area contributed by atoms with Crippen LogP contribution in [-0.4, -0.2) is 12.5 Å². The lowest BCUT2D eigenvalue weighted by Gasteiger charge is -2.06. The summed E-state index contributed by atoms with van der Waals surface area (Å²) < 4.78 is 0. The highest BCUT2D eigenvalue weighted by Gasteiger charge is 2.07. The SMILES string of the molecule is CC(C)CCN/C=C(/C#N)C(=O)NCc1ccccc1. The van der Waals surface area contributed by atoms with E-state index in [0.717, 1.165) is 18.5 Å². The van der Waals surface area contributed by atoms with Crippen LogP contribution in [0.1, 0.15) is 25.8 Å². The van der Waals surface area contributed by atoms with E-state index in [1.54, 1.807) is 0 Å². The molecule has 1 aromatic rings. The van der Waals surface area contributed by atoms with Crippen LogP contribution in [0.4, 0.5) is 0 Å². The van der Waals surface area contributed by atoms with E-state index in [-0.39, 0.29) is 11.5 Å². The van der Waals surface area contributed by atoms with E-state index in [1.807, 2.05) is 36.4 Å². The number of rotatable bonds is 7. The second kappa shape index (κ2) is 8.76. The Bertz CT molecular complexity index is 486. The molecule has 1 aromatic carbocycles. The van der Waals surface area contributed by atoms with Gasteiger partial charge in [-0.1, -0.05) is 44.2 Å². The lowest BCUT2D eigenvalue weighted by atomic mass is 10.1. The zero-order valence-corrected chi connectivity index (χ0v) is 12.0. The molecule has 0 fully saturated rings. The van der Waals surface area contributed by atoms with Gasteiger partial charge in [0.05, 0.1) is 0 Å². The average molecular weight is 271 g/mol. The Kier molecular flexibility index (Phi) is 6.91. The largest absolute Gasteiger partial charge is 0.390 e. The van der Waals surface area contributed by atoms with Gasteiger partial charge in [-0.05, 0) is 17.9 Å². The van der Waals surface area contributed by atoms with Gasteiger partial charge in [-0.15, -0.1) is 0 Å². The standard InChI is InChI=1S/C16H21N3O/c1-13(2)8-9-18-12-15(10-17)16(20)19-11-14-6-4-3-5-7-14/h3-7,12-13,18H,8-9,11H2,1-2H3,(H,19,20)/b15-12-. The molecule has 4 heteroatoms. The maximum atomic E-state index is 11.8. The van der Waals surface area contributed by atoms with Crippen molar-refractivity contribution in [2.75, 3.05) is 6.54 Å². The Hall–Kier alpha value is -2.28. The monoisotopic (exact) mass is 271 g/mol. The highest BCUT2D eigenvalue weighted by atomic mass is 16.1. The molecule has 0 spiro atoms. The second-order valence-corrected chi connectivity index (χ2v) is 4.97. The van der Waals surface area contributed by atoms with Crippen molar-refractivity contribution in [1.82, 2.24) is 10.6 Å². The van der Waals surface area contributed by atoms with Crippen molar-refractivity contribution in [2.45, 2.75) is 26.8 Å². The fourth-order valence-corrected chi connectivity index (χ4v) is 1.57. The molecule has 0 heterocycles. The molecule has 0 aliphatic rings. The van der Waals surface area contributed by atoms with Gasteiger partial charge >= 0.3 is 0 Å². The predicted molar refractivity (Wildman–Crippen MR) is 79.4 cm³/mol. The molecule has 20 heavy (non-hydrogen) atoms. The summed E-state index contributed by atoms with van der Waals surface area (Å²) in [5.41, 5.74) is 1.11. The summed E-state index contributed by atoms with van der Waals surface area (Å²) in [6.07, 6.45) is 2.49. The number of amides is 1. The Morgan fingerprint density at radius 3 is 2.65 bits per heavy atom. The van der Waals surface area contributed by atoms with Crippen molar-refractivity contribution in [2.24, 2.45) is 5.92 Å². The zero-order chi connectivity index (χ0) is 14.8. The summed E-state index contributed by atoms with van der Waals surface area (Å²) in [6, 6.07) is 11.5. The van der Waals surface area contributed by atoms with Crippen LogP contribution in [-0.2, 0) is 11.3 Å². The molecule has 2 N–H and O–H groups in total. The third-order valence-corrected chi connectivity index (χ3v) is 2.77. The lowest BCUT2D eigenvalue weighted by molar-refractivity contribution is -0.117. The summed E-state index contributed by atoms with van der Waals surface area (Å²) >= 11 is 0.